The topological polar surface area (TPSA) is 0 Å². The molecule has 32 valence electrons. The fourth-order valence-corrected chi connectivity index (χ4v) is 0. The quantitative estimate of drug-likeness (QED) is 0.266. The minimum Gasteiger partial charge on any atom is -0.358 e. The Morgan fingerprint density at radius 3 is 1.00 bits per heavy atom. The van der Waals surface area contributed by atoms with E-state index in [0.717, 1.165) is 0 Å². The molecule has 0 heterocycles. The van der Waals surface area contributed by atoms with E-state index in [-0.39, 0.29) is 58.8 Å². The molecule has 0 N–H and O–H groups in total. The van der Waals surface area contributed by atoms with E-state index < -0.39 is 7.54 Å². The first-order valence-corrected chi connectivity index (χ1v) is 0.655. The first kappa shape index (κ1) is 15.6. The largest absolute Gasteiger partial charge is 1.00 e. The molecule has 0 saturated carbocycles. The van der Waals surface area contributed by atoms with Gasteiger partial charge in [0.05, 0.1) is 0 Å². The van der Waals surface area contributed by atoms with Crippen molar-refractivity contribution < 1.29 is 64.3 Å². The summed E-state index contributed by atoms with van der Waals surface area (Å²) in [5, 5.41) is 0. The number of hydrogen-bond acceptors (Lipinski definition) is 0. The average molecular weight is 122 g/mol. The van der Waals surface area contributed by atoms with Crippen LogP contribution in [0.5, 0.6) is 0 Å². The van der Waals surface area contributed by atoms with E-state index in [4.69, 9.17) is 0 Å². The molecule has 0 aliphatic rings. The van der Waals surface area contributed by atoms with Gasteiger partial charge in [-0.25, -0.2) is 0 Å². The van der Waals surface area contributed by atoms with Gasteiger partial charge in [-0.15, -0.1) is 0 Å². The number of halogens is 3. The molecule has 5 heteroatoms. The summed E-state index contributed by atoms with van der Waals surface area (Å²) in [4.78, 5) is 0. The molecule has 0 aromatic heterocycles. The van der Waals surface area contributed by atoms with Crippen LogP contribution in [0.25, 0.3) is 0 Å². The van der Waals surface area contributed by atoms with Crippen LogP contribution in [-0.4, -0.2) is 7.54 Å². The molecule has 0 unspecified atom stereocenters. The Balaban J connectivity index is -0.0000000450. The Morgan fingerprint density at radius 1 is 1.00 bits per heavy atom. The number of hydrogen-bond donors (Lipinski definition) is 0. The van der Waals surface area contributed by atoms with Crippen molar-refractivity contribution in [3.05, 3.63) is 7.43 Å². The molecule has 0 atom stereocenters. The van der Waals surface area contributed by atoms with Crippen molar-refractivity contribution >= 4 is 7.54 Å². The van der Waals surface area contributed by atoms with Gasteiger partial charge in [0.2, 0.25) is 0 Å². The molecule has 0 nitrogen and oxygen atoms in total. The van der Waals surface area contributed by atoms with E-state index in [9.17, 15) is 12.9 Å². The first-order valence-electron chi connectivity index (χ1n) is 0.655. The zero-order chi connectivity index (χ0) is 3.58. The molecule has 0 bridgehead atoms. The molecule has 6 heavy (non-hydrogen) atoms. The second-order valence-electron chi connectivity index (χ2n) is 0.247. The Kier molecular flexibility index (Phi) is 25.3. The van der Waals surface area contributed by atoms with Gasteiger partial charge in [0.25, 0.3) is 0 Å². The van der Waals surface area contributed by atoms with Gasteiger partial charge in [-0.3, -0.25) is 12.9 Å². The monoisotopic (exact) mass is 122 g/mol. The zero-order valence-corrected chi connectivity index (χ0v) is 6.83. The number of rotatable bonds is 0. The Labute approximate surface area is 78.1 Å². The van der Waals surface area contributed by atoms with Crippen LogP contribution >= 0.6 is 0 Å². The van der Waals surface area contributed by atoms with Gasteiger partial charge >= 0.3 is 58.9 Å². The molecule has 0 aliphatic carbocycles. The van der Waals surface area contributed by atoms with Gasteiger partial charge in [-0.1, -0.05) is 0 Å². The molecule has 0 spiro atoms. The summed E-state index contributed by atoms with van der Waals surface area (Å²) >= 11 is 0. The molecular formula is CH3BF3K. The van der Waals surface area contributed by atoms with Crippen LogP contribution in [0, 0.1) is 7.43 Å². The third-order valence-electron chi connectivity index (χ3n) is 0. The van der Waals surface area contributed by atoms with E-state index in [1.165, 1.54) is 0 Å². The third-order valence-corrected chi connectivity index (χ3v) is 0. The summed E-state index contributed by atoms with van der Waals surface area (Å²) in [6.45, 7) is 0. The van der Waals surface area contributed by atoms with E-state index in [2.05, 4.69) is 0 Å². The molecule has 0 amide bonds. The summed E-state index contributed by atoms with van der Waals surface area (Å²) in [5.74, 6) is 0. The van der Waals surface area contributed by atoms with Crippen molar-refractivity contribution in [2.24, 2.45) is 0 Å². The second kappa shape index (κ2) is 9.70. The summed E-state index contributed by atoms with van der Waals surface area (Å²) in [6, 6.07) is 0. The maximum Gasteiger partial charge on any atom is 1.00 e. The molecule has 0 aromatic carbocycles. The molecule has 0 aromatic rings. The second-order valence-corrected chi connectivity index (χ2v) is 0.247. The van der Waals surface area contributed by atoms with Gasteiger partial charge < -0.3 is 7.43 Å². The van der Waals surface area contributed by atoms with E-state index in [1.54, 1.807) is 0 Å². The molecule has 0 aliphatic heterocycles. The summed E-state index contributed by atoms with van der Waals surface area (Å²) in [5.41, 5.74) is 0. The van der Waals surface area contributed by atoms with Crippen LogP contribution in [0.2, 0.25) is 0 Å². The summed E-state index contributed by atoms with van der Waals surface area (Å²) in [6.07, 6.45) is 0. The molecule has 0 fully saturated rings. The van der Waals surface area contributed by atoms with Crippen LogP contribution in [0.3, 0.4) is 0 Å². The van der Waals surface area contributed by atoms with Crippen LogP contribution < -0.4 is 51.4 Å². The zero-order valence-electron chi connectivity index (χ0n) is 3.71. The van der Waals surface area contributed by atoms with Crippen molar-refractivity contribution in [3.8, 4) is 0 Å². The Hall–Kier alpha value is 1.49. The van der Waals surface area contributed by atoms with E-state index in [0.29, 0.717) is 0 Å². The third kappa shape index (κ3) is 49.8. The van der Waals surface area contributed by atoms with Crippen LogP contribution in [0.4, 0.5) is 12.9 Å². The van der Waals surface area contributed by atoms with Crippen LogP contribution in [0.1, 0.15) is 0 Å². The first-order chi connectivity index (χ1) is 1.73. The maximum atomic E-state index is 9.67. The van der Waals surface area contributed by atoms with Gasteiger partial charge in [0.15, 0.2) is 0 Å². The van der Waals surface area contributed by atoms with Crippen molar-refractivity contribution in [3.63, 3.8) is 0 Å². The minimum atomic E-state index is -3.67. The smallest absolute Gasteiger partial charge is 0.358 e. The molecule has 0 radical (unpaired) electrons. The minimum absolute atomic E-state index is 0. The van der Waals surface area contributed by atoms with Gasteiger partial charge in [0.1, 0.15) is 0 Å². The van der Waals surface area contributed by atoms with E-state index in [1.807, 2.05) is 0 Å². The van der Waals surface area contributed by atoms with Gasteiger partial charge in [-0.2, -0.15) is 0 Å². The Morgan fingerprint density at radius 2 is 1.00 bits per heavy atom. The standard InChI is InChI=1S/CH3.BF3.K/c;2-1(3)4;/h1H3;;/q-1;;+1. The van der Waals surface area contributed by atoms with Crippen molar-refractivity contribution in [1.82, 2.24) is 0 Å². The van der Waals surface area contributed by atoms with Gasteiger partial charge in [-0.05, 0) is 0 Å². The van der Waals surface area contributed by atoms with Crippen LogP contribution in [-0.2, 0) is 0 Å². The predicted octanol–water partition coefficient (Wildman–Crippen LogP) is -1.67. The van der Waals surface area contributed by atoms with Crippen molar-refractivity contribution in [1.29, 1.82) is 0 Å². The molecule has 0 rings (SSSR count). The fourth-order valence-electron chi connectivity index (χ4n) is 0. The maximum absolute atomic E-state index is 9.67. The SMILES string of the molecule is FB(F)F.[CH3-].[K+]. The molecule has 0 saturated heterocycles. The van der Waals surface area contributed by atoms with E-state index >= 15 is 0 Å². The van der Waals surface area contributed by atoms with Gasteiger partial charge in [0, 0.05) is 0 Å². The summed E-state index contributed by atoms with van der Waals surface area (Å²) < 4.78 is 29.0. The normalized spacial score (nSPS) is 4.50. The van der Waals surface area contributed by atoms with Crippen molar-refractivity contribution in [2.75, 3.05) is 0 Å². The predicted molar refractivity (Wildman–Crippen MR) is 15.5 cm³/mol. The Bertz CT molecular complexity index is 15.5. The average Bonchev–Trinajstić information content (AvgIpc) is 0.811. The fraction of sp³-hybridized carbons (Fsp3) is 0. The van der Waals surface area contributed by atoms with Crippen LogP contribution in [0.15, 0.2) is 0 Å². The molecular weight excluding hydrogens is 119 g/mol. The van der Waals surface area contributed by atoms with Crippen molar-refractivity contribution in [2.45, 2.75) is 0 Å². The summed E-state index contributed by atoms with van der Waals surface area (Å²) in [7, 11) is -3.67.